The molecule has 0 aliphatic heterocycles. The Morgan fingerprint density at radius 3 is 2.71 bits per heavy atom. The number of rotatable bonds is 7. The molecule has 0 saturated carbocycles. The van der Waals surface area contributed by atoms with Gasteiger partial charge in [0.2, 0.25) is 5.91 Å². The Morgan fingerprint density at radius 2 is 2.08 bits per heavy atom. The molecule has 0 fully saturated rings. The standard InChI is InChI=1S/C16H20N2O4S2/c1-12-6-7-13(9-14(12)22-3)10-17-15(19)11-18(2)24(20,21)16-5-4-8-23-16/h4-9H,10-11H2,1-3H3,(H,17,19). The van der Waals surface area contributed by atoms with Gasteiger partial charge in [0.15, 0.2) is 0 Å². The monoisotopic (exact) mass is 368 g/mol. The van der Waals surface area contributed by atoms with Gasteiger partial charge in [-0.25, -0.2) is 8.42 Å². The van der Waals surface area contributed by atoms with Crippen LogP contribution in [0.3, 0.4) is 0 Å². The van der Waals surface area contributed by atoms with E-state index in [1.807, 2.05) is 25.1 Å². The molecule has 1 heterocycles. The first-order valence-electron chi connectivity index (χ1n) is 7.24. The Balaban J connectivity index is 1.94. The van der Waals surface area contributed by atoms with E-state index in [2.05, 4.69) is 5.32 Å². The summed E-state index contributed by atoms with van der Waals surface area (Å²) in [7, 11) is -0.634. The van der Waals surface area contributed by atoms with Crippen molar-refractivity contribution in [3.63, 3.8) is 0 Å². The summed E-state index contributed by atoms with van der Waals surface area (Å²) in [5.41, 5.74) is 1.89. The number of aryl methyl sites for hydroxylation is 1. The number of hydrogen-bond acceptors (Lipinski definition) is 5. The van der Waals surface area contributed by atoms with Crippen molar-refractivity contribution in [3.8, 4) is 5.75 Å². The Bertz CT molecular complexity index is 801. The van der Waals surface area contributed by atoms with E-state index in [1.54, 1.807) is 18.6 Å². The number of likely N-dealkylation sites (N-methyl/N-ethyl adjacent to an activating group) is 1. The highest BCUT2D eigenvalue weighted by Gasteiger charge is 2.23. The molecule has 0 unspecified atom stereocenters. The molecule has 1 aromatic heterocycles. The van der Waals surface area contributed by atoms with Gasteiger partial charge in [-0.1, -0.05) is 18.2 Å². The molecule has 0 spiro atoms. The second-order valence-electron chi connectivity index (χ2n) is 5.27. The lowest BCUT2D eigenvalue weighted by molar-refractivity contribution is -0.121. The summed E-state index contributed by atoms with van der Waals surface area (Å²) in [6, 6.07) is 8.84. The van der Waals surface area contributed by atoms with Crippen LogP contribution in [0.5, 0.6) is 5.75 Å². The molecule has 8 heteroatoms. The Hall–Kier alpha value is -1.90. The normalized spacial score (nSPS) is 11.5. The maximum absolute atomic E-state index is 12.3. The molecule has 0 aliphatic rings. The molecule has 0 bridgehead atoms. The number of carbonyl (C=O) groups excluding carboxylic acids is 1. The lowest BCUT2D eigenvalue weighted by Crippen LogP contribution is -2.37. The van der Waals surface area contributed by atoms with Gasteiger partial charge in [0, 0.05) is 13.6 Å². The minimum Gasteiger partial charge on any atom is -0.496 e. The molecule has 0 aliphatic carbocycles. The molecule has 1 aromatic carbocycles. The topological polar surface area (TPSA) is 75.7 Å². The SMILES string of the molecule is COc1cc(CNC(=O)CN(C)S(=O)(=O)c2cccs2)ccc1C. The van der Waals surface area contributed by atoms with Crippen LogP contribution in [-0.4, -0.2) is 39.3 Å². The molecule has 130 valence electrons. The number of methoxy groups -OCH3 is 1. The minimum absolute atomic E-state index is 0.223. The lowest BCUT2D eigenvalue weighted by Gasteiger charge is -2.16. The number of nitrogens with zero attached hydrogens (tertiary/aromatic N) is 1. The van der Waals surface area contributed by atoms with Crippen LogP contribution in [0.1, 0.15) is 11.1 Å². The van der Waals surface area contributed by atoms with Crippen LogP contribution in [0, 0.1) is 6.92 Å². The average molecular weight is 368 g/mol. The number of ether oxygens (including phenoxy) is 1. The van der Waals surface area contributed by atoms with Gasteiger partial charge < -0.3 is 10.1 Å². The summed E-state index contributed by atoms with van der Waals surface area (Å²) in [5.74, 6) is 0.385. The van der Waals surface area contributed by atoms with Crippen molar-refractivity contribution in [1.29, 1.82) is 0 Å². The van der Waals surface area contributed by atoms with Crippen LogP contribution in [0.4, 0.5) is 0 Å². The lowest BCUT2D eigenvalue weighted by atomic mass is 10.1. The highest BCUT2D eigenvalue weighted by atomic mass is 32.2. The predicted molar refractivity (Wildman–Crippen MR) is 93.7 cm³/mol. The van der Waals surface area contributed by atoms with Crippen molar-refractivity contribution >= 4 is 27.3 Å². The predicted octanol–water partition coefficient (Wildman–Crippen LogP) is 2.00. The van der Waals surface area contributed by atoms with Crippen molar-refractivity contribution in [2.24, 2.45) is 0 Å². The van der Waals surface area contributed by atoms with E-state index < -0.39 is 10.0 Å². The smallest absolute Gasteiger partial charge is 0.252 e. The van der Waals surface area contributed by atoms with Crippen molar-refractivity contribution in [3.05, 3.63) is 46.8 Å². The molecule has 2 aromatic rings. The summed E-state index contributed by atoms with van der Waals surface area (Å²) in [5, 5.41) is 4.41. The van der Waals surface area contributed by atoms with E-state index in [9.17, 15) is 13.2 Å². The largest absolute Gasteiger partial charge is 0.496 e. The second-order valence-corrected chi connectivity index (χ2v) is 8.49. The van der Waals surface area contributed by atoms with Crippen LogP contribution in [0.2, 0.25) is 0 Å². The summed E-state index contributed by atoms with van der Waals surface area (Å²) in [6.45, 7) is 2.01. The summed E-state index contributed by atoms with van der Waals surface area (Å²) < 4.78 is 31.0. The number of hydrogen-bond donors (Lipinski definition) is 1. The van der Waals surface area contributed by atoms with Gasteiger partial charge in [0.1, 0.15) is 9.96 Å². The van der Waals surface area contributed by atoms with E-state index in [-0.39, 0.29) is 16.7 Å². The maximum atomic E-state index is 12.3. The summed E-state index contributed by atoms with van der Waals surface area (Å²) >= 11 is 1.13. The zero-order valence-corrected chi connectivity index (χ0v) is 15.4. The molecule has 24 heavy (non-hydrogen) atoms. The molecule has 2 rings (SSSR count). The third-order valence-electron chi connectivity index (χ3n) is 3.49. The fourth-order valence-corrected chi connectivity index (χ4v) is 4.41. The minimum atomic E-state index is -3.62. The molecular weight excluding hydrogens is 348 g/mol. The first-order chi connectivity index (χ1) is 11.3. The number of amides is 1. The first kappa shape index (κ1) is 18.4. The van der Waals surface area contributed by atoms with Gasteiger partial charge >= 0.3 is 0 Å². The Morgan fingerprint density at radius 1 is 1.33 bits per heavy atom. The van der Waals surface area contributed by atoms with Crippen molar-refractivity contribution in [1.82, 2.24) is 9.62 Å². The first-order valence-corrected chi connectivity index (χ1v) is 9.56. The number of benzene rings is 1. The van der Waals surface area contributed by atoms with Gasteiger partial charge in [0.25, 0.3) is 10.0 Å². The zero-order valence-electron chi connectivity index (χ0n) is 13.8. The van der Waals surface area contributed by atoms with Crippen LogP contribution >= 0.6 is 11.3 Å². The quantitative estimate of drug-likeness (QED) is 0.811. The van der Waals surface area contributed by atoms with Gasteiger partial charge in [0.05, 0.1) is 13.7 Å². The fraction of sp³-hybridized carbons (Fsp3) is 0.312. The average Bonchev–Trinajstić information content (AvgIpc) is 3.09. The van der Waals surface area contributed by atoms with Gasteiger partial charge in [-0.15, -0.1) is 11.3 Å². The number of thiophene rings is 1. The van der Waals surface area contributed by atoms with Crippen LogP contribution < -0.4 is 10.1 Å². The van der Waals surface area contributed by atoms with Crippen LogP contribution in [0.25, 0.3) is 0 Å². The molecule has 6 nitrogen and oxygen atoms in total. The number of carbonyl (C=O) groups is 1. The summed E-state index contributed by atoms with van der Waals surface area (Å²) in [6.07, 6.45) is 0. The third kappa shape index (κ3) is 4.34. The van der Waals surface area contributed by atoms with Gasteiger partial charge in [-0.2, -0.15) is 4.31 Å². The van der Waals surface area contributed by atoms with Crippen molar-refractivity contribution in [2.45, 2.75) is 17.7 Å². The van der Waals surface area contributed by atoms with E-state index in [1.165, 1.54) is 13.1 Å². The second kappa shape index (κ2) is 7.78. The third-order valence-corrected chi connectivity index (χ3v) is 6.66. The van der Waals surface area contributed by atoms with E-state index >= 15 is 0 Å². The van der Waals surface area contributed by atoms with E-state index in [0.717, 1.165) is 32.5 Å². The molecule has 0 radical (unpaired) electrons. The van der Waals surface area contributed by atoms with E-state index in [0.29, 0.717) is 6.54 Å². The van der Waals surface area contributed by atoms with Crippen molar-refractivity contribution in [2.75, 3.05) is 20.7 Å². The van der Waals surface area contributed by atoms with Crippen molar-refractivity contribution < 1.29 is 17.9 Å². The number of nitrogens with one attached hydrogen (secondary N) is 1. The molecule has 0 saturated heterocycles. The highest BCUT2D eigenvalue weighted by Crippen LogP contribution is 2.20. The molecule has 1 amide bonds. The van der Waals surface area contributed by atoms with Gasteiger partial charge in [-0.3, -0.25) is 4.79 Å². The molecule has 0 atom stereocenters. The molecular formula is C16H20N2O4S2. The molecule has 1 N–H and O–H groups in total. The van der Waals surface area contributed by atoms with E-state index in [4.69, 9.17) is 4.74 Å². The van der Waals surface area contributed by atoms with Crippen LogP contribution in [-0.2, 0) is 21.4 Å². The summed E-state index contributed by atoms with van der Waals surface area (Å²) in [4.78, 5) is 12.0. The fourth-order valence-electron chi connectivity index (χ4n) is 2.08. The van der Waals surface area contributed by atoms with Crippen LogP contribution in [0.15, 0.2) is 39.9 Å². The Labute approximate surface area is 146 Å². The zero-order chi connectivity index (χ0) is 17.7. The maximum Gasteiger partial charge on any atom is 0.252 e. The van der Waals surface area contributed by atoms with Gasteiger partial charge in [-0.05, 0) is 35.6 Å². The highest BCUT2D eigenvalue weighted by molar-refractivity contribution is 7.91. The Kier molecular flexibility index (Phi) is 5.98. The number of sulfonamides is 1.